The number of methoxy groups -OCH3 is 1. The summed E-state index contributed by atoms with van der Waals surface area (Å²) in [4.78, 5) is 17.9. The van der Waals surface area contributed by atoms with Crippen molar-refractivity contribution in [2.75, 3.05) is 7.11 Å². The van der Waals surface area contributed by atoms with Crippen LogP contribution in [0.15, 0.2) is 36.4 Å². The molecule has 0 radical (unpaired) electrons. The first-order valence-electron chi connectivity index (χ1n) is 8.39. The molecule has 1 aromatic carbocycles. The molecule has 0 bridgehead atoms. The Morgan fingerprint density at radius 3 is 2.54 bits per heavy atom. The molecular formula is C20H22FNO2. The first kappa shape index (κ1) is 16.6. The highest BCUT2D eigenvalue weighted by Gasteiger charge is 2.43. The molecule has 1 fully saturated rings. The number of rotatable bonds is 4. The molecular weight excluding hydrogens is 305 g/mol. The number of ether oxygens (including phenoxy) is 1. The zero-order valence-electron chi connectivity index (χ0n) is 14.1. The van der Waals surface area contributed by atoms with Crippen LogP contribution in [0, 0.1) is 12.7 Å². The van der Waals surface area contributed by atoms with Gasteiger partial charge in [0.1, 0.15) is 11.6 Å². The average Bonchev–Trinajstić information content (AvgIpc) is 2.61. The number of carbonyl (C=O) groups excluding carboxylic acids is 1. The maximum Gasteiger partial charge on any atom is 0.177 e. The zero-order valence-corrected chi connectivity index (χ0v) is 14.1. The van der Waals surface area contributed by atoms with E-state index in [9.17, 15) is 9.18 Å². The molecule has 0 aliphatic heterocycles. The number of carbonyl (C=O) groups is 1. The summed E-state index contributed by atoms with van der Waals surface area (Å²) in [6.07, 6.45) is 4.45. The van der Waals surface area contributed by atoms with Gasteiger partial charge >= 0.3 is 0 Å². The number of aromatic nitrogens is 1. The molecule has 0 spiro atoms. The molecule has 0 saturated heterocycles. The van der Waals surface area contributed by atoms with Crippen LogP contribution >= 0.6 is 0 Å². The van der Waals surface area contributed by atoms with Crippen molar-refractivity contribution in [2.24, 2.45) is 0 Å². The number of hydrogen-bond donors (Lipinski definition) is 0. The summed E-state index contributed by atoms with van der Waals surface area (Å²) in [7, 11) is 1.48. The van der Waals surface area contributed by atoms with Gasteiger partial charge in [0, 0.05) is 11.8 Å². The third-order valence-corrected chi connectivity index (χ3v) is 4.94. The van der Waals surface area contributed by atoms with Crippen molar-refractivity contribution in [3.05, 3.63) is 59.2 Å². The lowest BCUT2D eigenvalue weighted by Gasteiger charge is -2.35. The minimum absolute atomic E-state index is 0.126. The predicted molar refractivity (Wildman–Crippen MR) is 91.0 cm³/mol. The van der Waals surface area contributed by atoms with Crippen LogP contribution in [0.5, 0.6) is 5.75 Å². The number of Topliss-reactive ketones (excluding diaryl/α,β-unsaturated/α-hetero) is 1. The van der Waals surface area contributed by atoms with E-state index in [1.54, 1.807) is 6.07 Å². The van der Waals surface area contributed by atoms with E-state index in [4.69, 9.17) is 4.74 Å². The third kappa shape index (κ3) is 2.93. The topological polar surface area (TPSA) is 39.2 Å². The number of nitrogens with zero attached hydrogens (tertiary/aromatic N) is 1. The molecule has 0 unspecified atom stereocenters. The Hall–Kier alpha value is -2.23. The minimum atomic E-state index is -0.723. The SMILES string of the molecule is COc1ccc(C(=O)C2(c3cccc(C)n3)CCCCC2)c(F)c1. The van der Waals surface area contributed by atoms with E-state index in [0.717, 1.165) is 30.7 Å². The monoisotopic (exact) mass is 327 g/mol. The van der Waals surface area contributed by atoms with Gasteiger partial charge in [-0.15, -0.1) is 0 Å². The van der Waals surface area contributed by atoms with Crippen molar-refractivity contribution < 1.29 is 13.9 Å². The fourth-order valence-electron chi connectivity index (χ4n) is 3.63. The standard InChI is InChI=1S/C20H22FNO2/c1-14-7-6-8-18(22-14)20(11-4-3-5-12-20)19(23)16-10-9-15(24-2)13-17(16)21/h6-10,13H,3-5,11-12H2,1-2H3. The Labute approximate surface area is 141 Å². The van der Waals surface area contributed by atoms with Crippen molar-refractivity contribution in [2.45, 2.75) is 44.4 Å². The third-order valence-electron chi connectivity index (χ3n) is 4.94. The van der Waals surface area contributed by atoms with E-state index in [1.807, 2.05) is 25.1 Å². The molecule has 4 heteroatoms. The molecule has 1 aromatic heterocycles. The normalized spacial score (nSPS) is 16.6. The highest BCUT2D eigenvalue weighted by molar-refractivity contribution is 6.04. The van der Waals surface area contributed by atoms with Crippen LogP contribution in [0.4, 0.5) is 4.39 Å². The number of halogens is 1. The molecule has 0 atom stereocenters. The van der Waals surface area contributed by atoms with Crippen molar-refractivity contribution in [3.8, 4) is 5.75 Å². The van der Waals surface area contributed by atoms with Gasteiger partial charge in [0.15, 0.2) is 5.78 Å². The molecule has 1 aliphatic rings. The Bertz CT molecular complexity index is 751. The number of aryl methyl sites for hydroxylation is 1. The second-order valence-electron chi connectivity index (χ2n) is 6.48. The zero-order chi connectivity index (χ0) is 17.2. The van der Waals surface area contributed by atoms with Crippen molar-refractivity contribution in [1.82, 2.24) is 4.98 Å². The maximum atomic E-state index is 14.5. The molecule has 1 saturated carbocycles. The van der Waals surface area contributed by atoms with Crippen LogP contribution in [0.2, 0.25) is 0 Å². The second kappa shape index (κ2) is 6.71. The maximum absolute atomic E-state index is 14.5. The van der Waals surface area contributed by atoms with Crippen LogP contribution in [-0.4, -0.2) is 17.9 Å². The lowest BCUT2D eigenvalue weighted by atomic mass is 9.67. The first-order valence-corrected chi connectivity index (χ1v) is 8.39. The van der Waals surface area contributed by atoms with Crippen LogP contribution in [-0.2, 0) is 5.41 Å². The Kier molecular flexibility index (Phi) is 4.65. The summed E-state index contributed by atoms with van der Waals surface area (Å²) < 4.78 is 19.5. The minimum Gasteiger partial charge on any atom is -0.497 e. The van der Waals surface area contributed by atoms with Crippen LogP contribution < -0.4 is 4.74 Å². The van der Waals surface area contributed by atoms with E-state index in [-0.39, 0.29) is 11.3 Å². The summed E-state index contributed by atoms with van der Waals surface area (Å²) in [5, 5.41) is 0. The van der Waals surface area contributed by atoms with Crippen LogP contribution in [0.3, 0.4) is 0 Å². The smallest absolute Gasteiger partial charge is 0.177 e. The largest absolute Gasteiger partial charge is 0.497 e. The molecule has 2 aromatic rings. The van der Waals surface area contributed by atoms with Crippen molar-refractivity contribution >= 4 is 5.78 Å². The summed E-state index contributed by atoms with van der Waals surface area (Å²) in [6.45, 7) is 1.92. The van der Waals surface area contributed by atoms with Gasteiger partial charge in [-0.1, -0.05) is 25.3 Å². The molecule has 0 N–H and O–H groups in total. The lowest BCUT2D eigenvalue weighted by Crippen LogP contribution is -2.39. The number of hydrogen-bond acceptors (Lipinski definition) is 3. The van der Waals surface area contributed by atoms with Gasteiger partial charge in [0.2, 0.25) is 0 Å². The van der Waals surface area contributed by atoms with E-state index in [0.29, 0.717) is 18.6 Å². The molecule has 1 aliphatic carbocycles. The van der Waals surface area contributed by atoms with E-state index in [2.05, 4.69) is 4.98 Å². The number of benzene rings is 1. The highest BCUT2D eigenvalue weighted by atomic mass is 19.1. The van der Waals surface area contributed by atoms with Gasteiger partial charge in [0.25, 0.3) is 0 Å². The lowest BCUT2D eigenvalue weighted by molar-refractivity contribution is 0.0830. The molecule has 0 amide bonds. The van der Waals surface area contributed by atoms with E-state index in [1.165, 1.54) is 19.2 Å². The van der Waals surface area contributed by atoms with Crippen LogP contribution in [0.25, 0.3) is 0 Å². The Balaban J connectivity index is 2.07. The Morgan fingerprint density at radius 1 is 1.17 bits per heavy atom. The van der Waals surface area contributed by atoms with Gasteiger partial charge in [-0.2, -0.15) is 0 Å². The Morgan fingerprint density at radius 2 is 1.92 bits per heavy atom. The van der Waals surface area contributed by atoms with Gasteiger partial charge in [-0.05, 0) is 44.0 Å². The number of pyridine rings is 1. The fourth-order valence-corrected chi connectivity index (χ4v) is 3.63. The van der Waals surface area contributed by atoms with Gasteiger partial charge in [-0.25, -0.2) is 4.39 Å². The predicted octanol–water partition coefficient (Wildman–Crippen LogP) is 4.62. The summed E-state index contributed by atoms with van der Waals surface area (Å²) in [6, 6.07) is 10.2. The molecule has 126 valence electrons. The quantitative estimate of drug-likeness (QED) is 0.769. The summed E-state index contributed by atoms with van der Waals surface area (Å²) >= 11 is 0. The van der Waals surface area contributed by atoms with Gasteiger partial charge < -0.3 is 4.74 Å². The van der Waals surface area contributed by atoms with E-state index >= 15 is 0 Å². The fraction of sp³-hybridized carbons (Fsp3) is 0.400. The van der Waals surface area contributed by atoms with Gasteiger partial charge in [-0.3, -0.25) is 9.78 Å². The van der Waals surface area contributed by atoms with Gasteiger partial charge in [0.05, 0.1) is 23.8 Å². The summed E-state index contributed by atoms with van der Waals surface area (Å²) in [5.41, 5.74) is 1.04. The van der Waals surface area contributed by atoms with E-state index < -0.39 is 11.2 Å². The second-order valence-corrected chi connectivity index (χ2v) is 6.48. The molecule has 1 heterocycles. The first-order chi connectivity index (χ1) is 11.6. The molecule has 3 nitrogen and oxygen atoms in total. The highest BCUT2D eigenvalue weighted by Crippen LogP contribution is 2.42. The van der Waals surface area contributed by atoms with Crippen molar-refractivity contribution in [1.29, 1.82) is 0 Å². The average molecular weight is 327 g/mol. The van der Waals surface area contributed by atoms with Crippen LogP contribution in [0.1, 0.15) is 53.8 Å². The molecule has 3 rings (SSSR count). The summed E-state index contributed by atoms with van der Waals surface area (Å²) in [5.74, 6) is -0.284. The molecule has 24 heavy (non-hydrogen) atoms. The number of ketones is 1. The van der Waals surface area contributed by atoms with Crippen molar-refractivity contribution in [3.63, 3.8) is 0 Å².